The third-order valence-electron chi connectivity index (χ3n) is 1.66. The van der Waals surface area contributed by atoms with Gasteiger partial charge in [0.25, 0.3) is 0 Å². The van der Waals surface area contributed by atoms with Crippen LogP contribution in [0.3, 0.4) is 0 Å². The summed E-state index contributed by atoms with van der Waals surface area (Å²) in [5, 5.41) is 18.3. The molecule has 2 heterocycles. The van der Waals surface area contributed by atoms with Crippen LogP contribution in [0.15, 0.2) is 30.3 Å². The molecule has 2 rings (SSSR count). The molecule has 0 amide bonds. The lowest BCUT2D eigenvalue weighted by Crippen LogP contribution is -1.86. The minimum atomic E-state index is -0.0936. The average Bonchev–Trinajstić information content (AvgIpc) is 2.18. The van der Waals surface area contributed by atoms with Gasteiger partial charge >= 0.3 is 0 Å². The molecule has 69 valence electrons. The minimum absolute atomic E-state index is 0.0824. The maximum absolute atomic E-state index is 9.13. The zero-order chi connectivity index (χ0) is 9.97. The molecule has 2 aromatic heterocycles. The number of hydrogen-bond acceptors (Lipinski definition) is 4. The summed E-state index contributed by atoms with van der Waals surface area (Å²) in [7, 11) is 0. The van der Waals surface area contributed by atoms with Crippen molar-refractivity contribution in [3.8, 4) is 23.1 Å². The molecule has 0 fully saturated rings. The van der Waals surface area contributed by atoms with Crippen molar-refractivity contribution in [1.29, 1.82) is 0 Å². The van der Waals surface area contributed by atoms with Gasteiger partial charge in [-0.25, -0.2) is 9.97 Å². The third kappa shape index (κ3) is 1.64. The van der Waals surface area contributed by atoms with E-state index in [1.807, 2.05) is 0 Å². The SMILES string of the molecule is Oc1cc[c]c(-c2cccc(O)n2)n1. The molecule has 0 unspecified atom stereocenters. The fourth-order valence-electron chi connectivity index (χ4n) is 1.07. The quantitative estimate of drug-likeness (QED) is 0.707. The number of aromatic hydroxyl groups is 2. The molecule has 4 heteroatoms. The first-order valence-electron chi connectivity index (χ1n) is 4.00. The summed E-state index contributed by atoms with van der Waals surface area (Å²) in [5.41, 5.74) is 0.877. The Morgan fingerprint density at radius 3 is 2.50 bits per heavy atom. The van der Waals surface area contributed by atoms with Gasteiger partial charge in [-0.2, -0.15) is 0 Å². The molecule has 0 saturated heterocycles. The summed E-state index contributed by atoms with van der Waals surface area (Å²) in [6.07, 6.45) is 0. The average molecular weight is 187 g/mol. The first kappa shape index (κ1) is 8.50. The zero-order valence-electron chi connectivity index (χ0n) is 7.18. The van der Waals surface area contributed by atoms with E-state index in [0.717, 1.165) is 0 Å². The Bertz CT molecular complexity index is 414. The molecule has 0 aromatic carbocycles. The summed E-state index contributed by atoms with van der Waals surface area (Å²) < 4.78 is 0. The lowest BCUT2D eigenvalue weighted by molar-refractivity contribution is 0.451. The second kappa shape index (κ2) is 3.33. The van der Waals surface area contributed by atoms with Gasteiger partial charge < -0.3 is 10.2 Å². The van der Waals surface area contributed by atoms with Gasteiger partial charge in [-0.15, -0.1) is 0 Å². The number of hydrogen-bond donors (Lipinski definition) is 2. The largest absolute Gasteiger partial charge is 0.493 e. The van der Waals surface area contributed by atoms with E-state index in [1.54, 1.807) is 18.2 Å². The van der Waals surface area contributed by atoms with E-state index in [4.69, 9.17) is 10.2 Å². The number of rotatable bonds is 1. The number of aromatic nitrogens is 2. The van der Waals surface area contributed by atoms with E-state index in [2.05, 4.69) is 16.0 Å². The van der Waals surface area contributed by atoms with E-state index in [0.29, 0.717) is 11.4 Å². The molecule has 0 aliphatic rings. The van der Waals surface area contributed by atoms with Crippen LogP contribution in [-0.4, -0.2) is 20.2 Å². The Labute approximate surface area is 80.5 Å². The van der Waals surface area contributed by atoms with Crippen LogP contribution < -0.4 is 0 Å². The van der Waals surface area contributed by atoms with Gasteiger partial charge in [0.05, 0.1) is 5.69 Å². The topological polar surface area (TPSA) is 66.2 Å². The van der Waals surface area contributed by atoms with Crippen LogP contribution in [0.4, 0.5) is 0 Å². The maximum atomic E-state index is 9.13. The second-order valence-corrected chi connectivity index (χ2v) is 2.68. The predicted molar refractivity (Wildman–Crippen MR) is 49.6 cm³/mol. The van der Waals surface area contributed by atoms with Crippen LogP contribution in [-0.2, 0) is 0 Å². The van der Waals surface area contributed by atoms with Crippen molar-refractivity contribution in [2.75, 3.05) is 0 Å². The first-order chi connectivity index (χ1) is 6.75. The van der Waals surface area contributed by atoms with Crippen molar-refractivity contribution >= 4 is 0 Å². The lowest BCUT2D eigenvalue weighted by atomic mass is 10.2. The Balaban J connectivity index is 2.49. The smallest absolute Gasteiger partial charge is 0.211 e. The van der Waals surface area contributed by atoms with Gasteiger partial charge in [-0.05, 0) is 12.1 Å². The van der Waals surface area contributed by atoms with Gasteiger partial charge in [0.15, 0.2) is 0 Å². The van der Waals surface area contributed by atoms with Crippen LogP contribution in [0.5, 0.6) is 11.8 Å². The highest BCUT2D eigenvalue weighted by atomic mass is 16.3. The van der Waals surface area contributed by atoms with E-state index in [1.165, 1.54) is 12.1 Å². The van der Waals surface area contributed by atoms with Crippen LogP contribution in [0, 0.1) is 6.07 Å². The molecule has 4 nitrogen and oxygen atoms in total. The van der Waals surface area contributed by atoms with Gasteiger partial charge in [-0.3, -0.25) is 0 Å². The van der Waals surface area contributed by atoms with E-state index in [-0.39, 0.29) is 11.8 Å². The first-order valence-corrected chi connectivity index (χ1v) is 4.00. The molecule has 2 N–H and O–H groups in total. The lowest BCUT2D eigenvalue weighted by Gasteiger charge is -1.99. The van der Waals surface area contributed by atoms with Crippen LogP contribution in [0.1, 0.15) is 0 Å². The van der Waals surface area contributed by atoms with Crippen LogP contribution in [0.25, 0.3) is 11.4 Å². The fourth-order valence-corrected chi connectivity index (χ4v) is 1.07. The number of nitrogens with zero attached hydrogens (tertiary/aromatic N) is 2. The van der Waals surface area contributed by atoms with Crippen molar-refractivity contribution in [2.45, 2.75) is 0 Å². The highest BCUT2D eigenvalue weighted by Crippen LogP contribution is 2.18. The Hall–Kier alpha value is -2.10. The van der Waals surface area contributed by atoms with E-state index in [9.17, 15) is 0 Å². The highest BCUT2D eigenvalue weighted by Gasteiger charge is 2.02. The Kier molecular flexibility index (Phi) is 2.02. The van der Waals surface area contributed by atoms with Crippen molar-refractivity contribution in [3.05, 3.63) is 36.4 Å². The van der Waals surface area contributed by atoms with Gasteiger partial charge in [0, 0.05) is 18.2 Å². The summed E-state index contributed by atoms with van der Waals surface area (Å²) in [6, 6.07) is 10.6. The molecule has 0 aliphatic carbocycles. The minimum Gasteiger partial charge on any atom is -0.493 e. The predicted octanol–water partition coefficient (Wildman–Crippen LogP) is 1.35. The summed E-state index contributed by atoms with van der Waals surface area (Å²) in [6.45, 7) is 0. The summed E-state index contributed by atoms with van der Waals surface area (Å²) in [5.74, 6) is -0.176. The Morgan fingerprint density at radius 2 is 1.79 bits per heavy atom. The molecule has 0 atom stereocenters. The van der Waals surface area contributed by atoms with Crippen LogP contribution in [0.2, 0.25) is 0 Å². The van der Waals surface area contributed by atoms with Crippen molar-refractivity contribution in [1.82, 2.24) is 9.97 Å². The van der Waals surface area contributed by atoms with Crippen molar-refractivity contribution in [3.63, 3.8) is 0 Å². The van der Waals surface area contributed by atoms with Crippen LogP contribution >= 0.6 is 0 Å². The standard InChI is InChI=1S/C10H7N2O2/c13-9-5-1-3-7(11-9)8-4-2-6-10(14)12-8/h1-3,5-6H,(H,11,13)(H,12,14). The van der Waals surface area contributed by atoms with Gasteiger partial charge in [0.2, 0.25) is 11.8 Å². The Morgan fingerprint density at radius 1 is 1.00 bits per heavy atom. The molecular weight excluding hydrogens is 180 g/mol. The fraction of sp³-hybridized carbons (Fsp3) is 0. The van der Waals surface area contributed by atoms with Gasteiger partial charge in [-0.1, -0.05) is 6.07 Å². The normalized spacial score (nSPS) is 10.0. The van der Waals surface area contributed by atoms with E-state index >= 15 is 0 Å². The maximum Gasteiger partial charge on any atom is 0.211 e. The molecular formula is C10H7N2O2. The monoisotopic (exact) mass is 187 g/mol. The molecule has 0 saturated carbocycles. The van der Waals surface area contributed by atoms with Crippen molar-refractivity contribution < 1.29 is 10.2 Å². The zero-order valence-corrected chi connectivity index (χ0v) is 7.18. The molecule has 0 spiro atoms. The molecule has 0 aliphatic heterocycles. The second-order valence-electron chi connectivity index (χ2n) is 2.68. The molecule has 1 radical (unpaired) electrons. The van der Waals surface area contributed by atoms with Gasteiger partial charge in [0.1, 0.15) is 5.69 Å². The number of pyridine rings is 2. The van der Waals surface area contributed by atoms with Crippen molar-refractivity contribution in [2.24, 2.45) is 0 Å². The highest BCUT2D eigenvalue weighted by molar-refractivity contribution is 5.54. The van der Waals surface area contributed by atoms with E-state index < -0.39 is 0 Å². The summed E-state index contributed by atoms with van der Waals surface area (Å²) >= 11 is 0. The summed E-state index contributed by atoms with van der Waals surface area (Å²) in [4.78, 5) is 7.65. The molecule has 2 aromatic rings. The molecule has 0 bridgehead atoms. The third-order valence-corrected chi connectivity index (χ3v) is 1.66. The molecule has 14 heavy (non-hydrogen) atoms.